The van der Waals surface area contributed by atoms with E-state index in [0.29, 0.717) is 6.54 Å². The van der Waals surface area contributed by atoms with E-state index >= 15 is 0 Å². The van der Waals surface area contributed by atoms with Crippen LogP contribution < -0.4 is 5.32 Å². The predicted molar refractivity (Wildman–Crippen MR) is 94.3 cm³/mol. The highest BCUT2D eigenvalue weighted by Gasteiger charge is 2.14. The van der Waals surface area contributed by atoms with Gasteiger partial charge in [-0.3, -0.25) is 9.69 Å². The van der Waals surface area contributed by atoms with E-state index in [1.54, 1.807) is 30.3 Å². The summed E-state index contributed by atoms with van der Waals surface area (Å²) in [6, 6.07) is 18.1. The molecule has 0 aliphatic carbocycles. The number of nitrogens with zero attached hydrogens (tertiary/aromatic N) is 1. The summed E-state index contributed by atoms with van der Waals surface area (Å²) in [5.74, 6) is -0.290. The summed E-state index contributed by atoms with van der Waals surface area (Å²) in [4.78, 5) is 14.1. The lowest BCUT2D eigenvalue weighted by atomic mass is 10.2. The van der Waals surface area contributed by atoms with Crippen molar-refractivity contribution in [3.8, 4) is 0 Å². The molecular formula is C18H22N2O3S. The van der Waals surface area contributed by atoms with Gasteiger partial charge in [-0.15, -0.1) is 0 Å². The van der Waals surface area contributed by atoms with E-state index in [2.05, 4.69) is 5.32 Å². The first kappa shape index (κ1) is 18.2. The summed E-state index contributed by atoms with van der Waals surface area (Å²) in [6.45, 7) is 0.992. The zero-order valence-electron chi connectivity index (χ0n) is 13.7. The Hall–Kier alpha value is -2.18. The van der Waals surface area contributed by atoms with E-state index in [9.17, 15) is 13.2 Å². The molecule has 1 amide bonds. The van der Waals surface area contributed by atoms with Crippen LogP contribution in [0, 0.1) is 0 Å². The normalized spacial score (nSPS) is 11.4. The second-order valence-electron chi connectivity index (χ2n) is 5.64. The molecule has 0 radical (unpaired) electrons. The van der Waals surface area contributed by atoms with Gasteiger partial charge in [0.2, 0.25) is 5.91 Å². The van der Waals surface area contributed by atoms with Gasteiger partial charge in [0.05, 0.1) is 17.2 Å². The summed E-state index contributed by atoms with van der Waals surface area (Å²) in [5, 5.41) is 2.67. The van der Waals surface area contributed by atoms with Crippen molar-refractivity contribution in [2.75, 3.05) is 25.9 Å². The molecule has 0 aliphatic rings. The lowest BCUT2D eigenvalue weighted by Crippen LogP contribution is -2.37. The lowest BCUT2D eigenvalue weighted by Gasteiger charge is -2.16. The second kappa shape index (κ2) is 8.61. The molecule has 0 unspecified atom stereocenters. The first-order chi connectivity index (χ1) is 11.5. The van der Waals surface area contributed by atoms with Crippen LogP contribution in [0.15, 0.2) is 65.6 Å². The van der Waals surface area contributed by atoms with Gasteiger partial charge in [-0.05, 0) is 24.7 Å². The third kappa shape index (κ3) is 5.79. The number of hydrogen-bond donors (Lipinski definition) is 1. The number of sulfone groups is 1. The lowest BCUT2D eigenvalue weighted by molar-refractivity contribution is -0.121. The second-order valence-corrected chi connectivity index (χ2v) is 7.75. The van der Waals surface area contributed by atoms with E-state index in [4.69, 9.17) is 0 Å². The van der Waals surface area contributed by atoms with Gasteiger partial charge in [0, 0.05) is 13.1 Å². The van der Waals surface area contributed by atoms with E-state index in [1.165, 1.54) is 0 Å². The van der Waals surface area contributed by atoms with Crippen LogP contribution in [0.3, 0.4) is 0 Å². The molecule has 2 rings (SSSR count). The van der Waals surface area contributed by atoms with Crippen molar-refractivity contribution < 1.29 is 13.2 Å². The quantitative estimate of drug-likeness (QED) is 0.790. The molecule has 0 aromatic heterocycles. The molecule has 1 N–H and O–H groups in total. The summed E-state index contributed by atoms with van der Waals surface area (Å²) in [6.07, 6.45) is 0. The van der Waals surface area contributed by atoms with E-state index in [0.717, 1.165) is 5.56 Å². The molecular weight excluding hydrogens is 324 g/mol. The third-order valence-electron chi connectivity index (χ3n) is 3.50. The van der Waals surface area contributed by atoms with Crippen LogP contribution in [-0.4, -0.2) is 45.1 Å². The molecule has 5 nitrogen and oxygen atoms in total. The highest BCUT2D eigenvalue weighted by atomic mass is 32.2. The van der Waals surface area contributed by atoms with Gasteiger partial charge in [-0.1, -0.05) is 48.5 Å². The number of nitrogens with one attached hydrogen (secondary N) is 1. The largest absolute Gasteiger partial charge is 0.354 e. The minimum Gasteiger partial charge on any atom is -0.354 e. The fraction of sp³-hybridized carbons (Fsp3) is 0.278. The Morgan fingerprint density at radius 1 is 1.00 bits per heavy atom. The minimum absolute atomic E-state index is 0.106. The number of amides is 1. The fourth-order valence-electron chi connectivity index (χ4n) is 2.32. The average molecular weight is 346 g/mol. The highest BCUT2D eigenvalue weighted by Crippen LogP contribution is 2.09. The van der Waals surface area contributed by atoms with Gasteiger partial charge in [-0.2, -0.15) is 0 Å². The maximum atomic E-state index is 12.1. The van der Waals surface area contributed by atoms with Crippen LogP contribution in [0.4, 0.5) is 0 Å². The first-order valence-corrected chi connectivity index (χ1v) is 9.39. The third-order valence-corrected chi connectivity index (χ3v) is 5.24. The van der Waals surface area contributed by atoms with Crippen molar-refractivity contribution in [3.05, 3.63) is 66.2 Å². The van der Waals surface area contributed by atoms with Crippen molar-refractivity contribution in [3.63, 3.8) is 0 Å². The minimum atomic E-state index is -3.36. The van der Waals surface area contributed by atoms with Crippen molar-refractivity contribution in [1.82, 2.24) is 10.2 Å². The number of hydrogen-bond acceptors (Lipinski definition) is 4. The highest BCUT2D eigenvalue weighted by molar-refractivity contribution is 7.91. The summed E-state index contributed by atoms with van der Waals surface area (Å²) in [7, 11) is -1.51. The van der Waals surface area contributed by atoms with Crippen LogP contribution in [-0.2, 0) is 21.2 Å². The molecule has 0 saturated heterocycles. The molecule has 24 heavy (non-hydrogen) atoms. The number of benzene rings is 2. The van der Waals surface area contributed by atoms with Gasteiger partial charge in [-0.25, -0.2) is 8.42 Å². The smallest absolute Gasteiger partial charge is 0.234 e. The van der Waals surface area contributed by atoms with Crippen molar-refractivity contribution in [1.29, 1.82) is 0 Å². The Morgan fingerprint density at radius 3 is 2.21 bits per heavy atom. The van der Waals surface area contributed by atoms with Gasteiger partial charge in [0.1, 0.15) is 0 Å². The topological polar surface area (TPSA) is 66.5 Å². The maximum absolute atomic E-state index is 12.1. The van der Waals surface area contributed by atoms with E-state index in [1.807, 2.05) is 42.3 Å². The standard InChI is InChI=1S/C18H22N2O3S/c1-20(14-16-8-4-2-5-9-16)15-18(21)19-12-13-24(22,23)17-10-6-3-7-11-17/h2-11H,12-15H2,1H3,(H,19,21). The average Bonchev–Trinajstić information content (AvgIpc) is 2.56. The van der Waals surface area contributed by atoms with Crippen molar-refractivity contribution in [2.24, 2.45) is 0 Å². The van der Waals surface area contributed by atoms with Crippen LogP contribution in [0.5, 0.6) is 0 Å². The van der Waals surface area contributed by atoms with Crippen LogP contribution in [0.2, 0.25) is 0 Å². The maximum Gasteiger partial charge on any atom is 0.234 e. The molecule has 6 heteroatoms. The number of likely N-dealkylation sites (N-methyl/N-ethyl adjacent to an activating group) is 1. The molecule has 0 heterocycles. The van der Waals surface area contributed by atoms with Gasteiger partial charge in [0.15, 0.2) is 9.84 Å². The number of carbonyl (C=O) groups excluding carboxylic acids is 1. The Labute approximate surface area is 143 Å². The van der Waals surface area contributed by atoms with Crippen molar-refractivity contribution in [2.45, 2.75) is 11.4 Å². The Morgan fingerprint density at radius 2 is 1.58 bits per heavy atom. The molecule has 0 saturated carbocycles. The Bertz CT molecular complexity index is 746. The number of rotatable bonds is 8. The van der Waals surface area contributed by atoms with Gasteiger partial charge in [0.25, 0.3) is 0 Å². The first-order valence-electron chi connectivity index (χ1n) is 7.74. The van der Waals surface area contributed by atoms with Gasteiger partial charge >= 0.3 is 0 Å². The molecule has 0 bridgehead atoms. The monoisotopic (exact) mass is 346 g/mol. The molecule has 2 aromatic carbocycles. The fourth-order valence-corrected chi connectivity index (χ4v) is 3.50. The molecule has 128 valence electrons. The van der Waals surface area contributed by atoms with Crippen LogP contribution in [0.1, 0.15) is 5.56 Å². The SMILES string of the molecule is CN(CC(=O)NCCS(=O)(=O)c1ccccc1)Cc1ccccc1. The summed E-state index contributed by atoms with van der Waals surface area (Å²) < 4.78 is 24.2. The van der Waals surface area contributed by atoms with E-state index in [-0.39, 0.29) is 29.6 Å². The molecule has 0 spiro atoms. The molecule has 0 fully saturated rings. The van der Waals surface area contributed by atoms with Crippen LogP contribution in [0.25, 0.3) is 0 Å². The van der Waals surface area contributed by atoms with Crippen LogP contribution >= 0.6 is 0 Å². The van der Waals surface area contributed by atoms with E-state index < -0.39 is 9.84 Å². The molecule has 0 atom stereocenters. The number of carbonyl (C=O) groups is 1. The summed E-state index contributed by atoms with van der Waals surface area (Å²) >= 11 is 0. The Balaban J connectivity index is 1.75. The molecule has 2 aromatic rings. The predicted octanol–water partition coefficient (Wildman–Crippen LogP) is 1.71. The van der Waals surface area contributed by atoms with Gasteiger partial charge < -0.3 is 5.32 Å². The Kier molecular flexibility index (Phi) is 6.52. The van der Waals surface area contributed by atoms with Crippen molar-refractivity contribution >= 4 is 15.7 Å². The molecule has 0 aliphatic heterocycles. The zero-order valence-corrected chi connectivity index (χ0v) is 14.5. The zero-order chi connectivity index (χ0) is 17.4. The summed E-state index contributed by atoms with van der Waals surface area (Å²) in [5.41, 5.74) is 1.12.